The number of aryl methyl sites for hydroxylation is 1. The summed E-state index contributed by atoms with van der Waals surface area (Å²) in [6, 6.07) is 4.77. The Morgan fingerprint density at radius 3 is 2.60 bits per heavy atom. The quantitative estimate of drug-likeness (QED) is 0.762. The van der Waals surface area contributed by atoms with Crippen LogP contribution in [0.4, 0.5) is 5.69 Å². The molecule has 4 nitrogen and oxygen atoms in total. The van der Waals surface area contributed by atoms with Gasteiger partial charge < -0.3 is 5.73 Å². The minimum atomic E-state index is -3.38. The van der Waals surface area contributed by atoms with Gasteiger partial charge in [-0.1, -0.05) is 6.92 Å². The van der Waals surface area contributed by atoms with Crippen LogP contribution in [0.1, 0.15) is 18.9 Å². The molecule has 0 heterocycles. The molecule has 0 spiro atoms. The van der Waals surface area contributed by atoms with Crippen molar-refractivity contribution in [2.24, 2.45) is 0 Å². The summed E-state index contributed by atoms with van der Waals surface area (Å²) in [6.45, 7) is 4.10. The highest BCUT2D eigenvalue weighted by Gasteiger charge is 2.15. The van der Waals surface area contributed by atoms with Gasteiger partial charge in [0.2, 0.25) is 10.0 Å². The average molecular weight is 228 g/mol. The second-order valence-corrected chi connectivity index (χ2v) is 5.16. The van der Waals surface area contributed by atoms with Crippen LogP contribution in [0, 0.1) is 6.92 Å². The third-order valence-electron chi connectivity index (χ3n) is 2.03. The first-order chi connectivity index (χ1) is 6.97. The van der Waals surface area contributed by atoms with Crippen molar-refractivity contribution in [1.29, 1.82) is 0 Å². The molecule has 1 aromatic carbocycles. The molecule has 3 N–H and O–H groups in total. The van der Waals surface area contributed by atoms with Gasteiger partial charge in [0, 0.05) is 12.2 Å². The zero-order valence-electron chi connectivity index (χ0n) is 8.95. The molecule has 1 rings (SSSR count). The predicted octanol–water partition coefficient (Wildman–Crippen LogP) is 1.27. The molecule has 0 atom stereocenters. The van der Waals surface area contributed by atoms with E-state index in [9.17, 15) is 8.42 Å². The standard InChI is InChI=1S/C10H16N2O2S/c1-3-6-12-15(13,14)10-5-4-9(11)7-8(10)2/h4-5,7,12H,3,6,11H2,1-2H3. The Hall–Kier alpha value is -1.07. The van der Waals surface area contributed by atoms with Gasteiger partial charge in [-0.2, -0.15) is 0 Å². The highest BCUT2D eigenvalue weighted by molar-refractivity contribution is 7.89. The molecule has 0 fully saturated rings. The topological polar surface area (TPSA) is 72.2 Å². The normalized spacial score (nSPS) is 11.6. The predicted molar refractivity (Wildman–Crippen MR) is 61.1 cm³/mol. The third kappa shape index (κ3) is 2.94. The number of nitrogens with two attached hydrogens (primary N) is 1. The van der Waals surface area contributed by atoms with E-state index in [4.69, 9.17) is 5.73 Å². The van der Waals surface area contributed by atoms with Crippen molar-refractivity contribution < 1.29 is 8.42 Å². The zero-order chi connectivity index (χ0) is 11.5. The zero-order valence-corrected chi connectivity index (χ0v) is 9.76. The first-order valence-electron chi connectivity index (χ1n) is 4.83. The minimum absolute atomic E-state index is 0.296. The first kappa shape index (κ1) is 12.0. The van der Waals surface area contributed by atoms with Gasteiger partial charge in [0.05, 0.1) is 4.90 Å². The number of sulfonamides is 1. The maximum Gasteiger partial charge on any atom is 0.240 e. The van der Waals surface area contributed by atoms with Crippen LogP contribution in [-0.4, -0.2) is 15.0 Å². The molecule has 0 bridgehead atoms. The lowest BCUT2D eigenvalue weighted by molar-refractivity contribution is 0.580. The van der Waals surface area contributed by atoms with E-state index in [0.717, 1.165) is 6.42 Å². The smallest absolute Gasteiger partial charge is 0.240 e. The Kier molecular flexibility index (Phi) is 3.71. The van der Waals surface area contributed by atoms with Crippen LogP contribution >= 0.6 is 0 Å². The molecule has 0 radical (unpaired) electrons. The van der Waals surface area contributed by atoms with Gasteiger partial charge in [-0.05, 0) is 37.1 Å². The molecule has 0 aliphatic heterocycles. The van der Waals surface area contributed by atoms with Gasteiger partial charge in [0.15, 0.2) is 0 Å². The number of benzene rings is 1. The summed E-state index contributed by atoms with van der Waals surface area (Å²) in [5.41, 5.74) is 6.79. The summed E-state index contributed by atoms with van der Waals surface area (Å²) in [7, 11) is -3.38. The van der Waals surface area contributed by atoms with E-state index in [1.54, 1.807) is 19.1 Å². The van der Waals surface area contributed by atoms with E-state index in [2.05, 4.69) is 4.72 Å². The van der Waals surface area contributed by atoms with E-state index < -0.39 is 10.0 Å². The fraction of sp³-hybridized carbons (Fsp3) is 0.400. The van der Waals surface area contributed by atoms with Crippen molar-refractivity contribution in [2.75, 3.05) is 12.3 Å². The van der Waals surface area contributed by atoms with Crippen LogP contribution in [0.5, 0.6) is 0 Å². The van der Waals surface area contributed by atoms with Crippen LogP contribution in [0.15, 0.2) is 23.1 Å². The average Bonchev–Trinajstić information content (AvgIpc) is 2.14. The molecule has 15 heavy (non-hydrogen) atoms. The van der Waals surface area contributed by atoms with Crippen molar-refractivity contribution in [3.8, 4) is 0 Å². The summed E-state index contributed by atoms with van der Waals surface area (Å²) in [5.74, 6) is 0. The van der Waals surface area contributed by atoms with Crippen LogP contribution in [0.2, 0.25) is 0 Å². The first-order valence-corrected chi connectivity index (χ1v) is 6.31. The fourth-order valence-corrected chi connectivity index (χ4v) is 2.65. The lowest BCUT2D eigenvalue weighted by atomic mass is 10.2. The van der Waals surface area contributed by atoms with Crippen LogP contribution < -0.4 is 10.5 Å². The molecule has 5 heteroatoms. The van der Waals surface area contributed by atoms with Crippen molar-refractivity contribution in [1.82, 2.24) is 4.72 Å². The highest BCUT2D eigenvalue weighted by Crippen LogP contribution is 2.17. The number of nitrogens with one attached hydrogen (secondary N) is 1. The van der Waals surface area contributed by atoms with Gasteiger partial charge in [-0.15, -0.1) is 0 Å². The Balaban J connectivity index is 3.05. The maximum absolute atomic E-state index is 11.8. The van der Waals surface area contributed by atoms with Crippen LogP contribution in [0.3, 0.4) is 0 Å². The summed E-state index contributed by atoms with van der Waals surface area (Å²) < 4.78 is 26.1. The van der Waals surface area contributed by atoms with Gasteiger partial charge in [0.25, 0.3) is 0 Å². The Morgan fingerprint density at radius 2 is 2.07 bits per heavy atom. The molecule has 0 amide bonds. The molecule has 0 aromatic heterocycles. The Morgan fingerprint density at radius 1 is 1.40 bits per heavy atom. The van der Waals surface area contributed by atoms with Gasteiger partial charge in [0.1, 0.15) is 0 Å². The molecular formula is C10H16N2O2S. The van der Waals surface area contributed by atoms with Crippen molar-refractivity contribution in [3.05, 3.63) is 23.8 Å². The second kappa shape index (κ2) is 4.63. The lowest BCUT2D eigenvalue weighted by Gasteiger charge is -2.08. The Labute approximate surface area is 90.5 Å². The number of hydrogen-bond acceptors (Lipinski definition) is 3. The second-order valence-electron chi connectivity index (χ2n) is 3.42. The number of anilines is 1. The van der Waals surface area contributed by atoms with Crippen molar-refractivity contribution in [2.45, 2.75) is 25.2 Å². The van der Waals surface area contributed by atoms with Crippen molar-refractivity contribution >= 4 is 15.7 Å². The highest BCUT2D eigenvalue weighted by atomic mass is 32.2. The minimum Gasteiger partial charge on any atom is -0.399 e. The summed E-state index contributed by atoms with van der Waals surface area (Å²) in [5, 5.41) is 0. The van der Waals surface area contributed by atoms with Crippen LogP contribution in [-0.2, 0) is 10.0 Å². The van der Waals surface area contributed by atoms with Gasteiger partial charge >= 0.3 is 0 Å². The molecule has 0 unspecified atom stereocenters. The molecule has 0 aliphatic rings. The number of rotatable bonds is 4. The largest absolute Gasteiger partial charge is 0.399 e. The van der Waals surface area contributed by atoms with E-state index in [1.165, 1.54) is 6.07 Å². The monoisotopic (exact) mass is 228 g/mol. The Bertz CT molecular complexity index is 441. The van der Waals surface area contributed by atoms with E-state index in [1.807, 2.05) is 6.92 Å². The third-order valence-corrected chi connectivity index (χ3v) is 3.65. The van der Waals surface area contributed by atoms with E-state index in [0.29, 0.717) is 22.7 Å². The fourth-order valence-electron chi connectivity index (χ4n) is 1.29. The number of hydrogen-bond donors (Lipinski definition) is 2. The number of nitrogen functional groups attached to an aromatic ring is 1. The SMILES string of the molecule is CCCNS(=O)(=O)c1ccc(N)cc1C. The van der Waals surface area contributed by atoms with Crippen molar-refractivity contribution in [3.63, 3.8) is 0 Å². The molecular weight excluding hydrogens is 212 g/mol. The van der Waals surface area contributed by atoms with E-state index in [-0.39, 0.29) is 0 Å². The van der Waals surface area contributed by atoms with E-state index >= 15 is 0 Å². The maximum atomic E-state index is 11.8. The lowest BCUT2D eigenvalue weighted by Crippen LogP contribution is -2.25. The molecule has 0 saturated carbocycles. The molecule has 0 aliphatic carbocycles. The van der Waals surface area contributed by atoms with Gasteiger partial charge in [-0.3, -0.25) is 0 Å². The summed E-state index contributed by atoms with van der Waals surface area (Å²) >= 11 is 0. The summed E-state index contributed by atoms with van der Waals surface area (Å²) in [4.78, 5) is 0.296. The summed E-state index contributed by atoms with van der Waals surface area (Å²) in [6.07, 6.45) is 0.771. The molecule has 1 aromatic rings. The van der Waals surface area contributed by atoms with Gasteiger partial charge in [-0.25, -0.2) is 13.1 Å². The molecule has 0 saturated heterocycles. The molecule has 84 valence electrons. The van der Waals surface area contributed by atoms with Crippen LogP contribution in [0.25, 0.3) is 0 Å².